The number of aromatic nitrogens is 4. The summed E-state index contributed by atoms with van der Waals surface area (Å²) in [6, 6.07) is 8.24. The van der Waals surface area contributed by atoms with E-state index in [1.54, 1.807) is 4.52 Å². The predicted octanol–water partition coefficient (Wildman–Crippen LogP) is 3.87. The number of anilines is 3. The van der Waals surface area contributed by atoms with Crippen LogP contribution in [0.3, 0.4) is 0 Å². The molecule has 1 amide bonds. The van der Waals surface area contributed by atoms with E-state index < -0.39 is 0 Å². The molecular weight excluding hydrogens is 468 g/mol. The van der Waals surface area contributed by atoms with Crippen LogP contribution in [-0.4, -0.2) is 68.8 Å². The van der Waals surface area contributed by atoms with Gasteiger partial charge in [0.15, 0.2) is 5.65 Å². The first kappa shape index (κ1) is 25.4. The molecule has 37 heavy (non-hydrogen) atoms. The summed E-state index contributed by atoms with van der Waals surface area (Å²) in [7, 11) is 2.01. The number of carbonyl (C=O) groups excluding carboxylic acids is 1. The molecule has 0 bridgehead atoms. The summed E-state index contributed by atoms with van der Waals surface area (Å²) in [4.78, 5) is 24.7. The minimum atomic E-state index is -0.363. The molecule has 1 aliphatic heterocycles. The van der Waals surface area contributed by atoms with E-state index in [1.807, 2.05) is 37.5 Å². The molecule has 1 aromatic carbocycles. The van der Waals surface area contributed by atoms with E-state index in [0.29, 0.717) is 18.4 Å². The molecule has 2 aromatic heterocycles. The molecule has 10 nitrogen and oxygen atoms in total. The summed E-state index contributed by atoms with van der Waals surface area (Å²) in [5.41, 5.74) is 3.36. The number of hydrogen-bond donors (Lipinski definition) is 3. The number of rotatable bonds is 10. The molecule has 0 radical (unpaired) electrons. The number of likely N-dealkylation sites (N-methyl/N-ethyl adjacent to an activating group) is 1. The van der Waals surface area contributed by atoms with Crippen molar-refractivity contribution in [2.75, 3.05) is 42.8 Å². The van der Waals surface area contributed by atoms with Crippen molar-refractivity contribution >= 4 is 29.1 Å². The highest BCUT2D eigenvalue weighted by Crippen LogP contribution is 2.41. The normalized spacial score (nSPS) is 17.4. The maximum atomic E-state index is 13.0. The van der Waals surface area contributed by atoms with Crippen LogP contribution in [0, 0.1) is 0 Å². The highest BCUT2D eigenvalue weighted by Gasteiger charge is 2.52. The minimum absolute atomic E-state index is 0.0704. The monoisotopic (exact) mass is 506 g/mol. The average Bonchev–Trinajstić information content (AvgIpc) is 3.61. The zero-order valence-corrected chi connectivity index (χ0v) is 22.3. The van der Waals surface area contributed by atoms with Gasteiger partial charge in [-0.3, -0.25) is 9.69 Å². The summed E-state index contributed by atoms with van der Waals surface area (Å²) in [5.74, 6) is 1.58. The van der Waals surface area contributed by atoms with Gasteiger partial charge in [-0.25, -0.2) is 0 Å². The molecule has 1 saturated carbocycles. The zero-order valence-electron chi connectivity index (χ0n) is 22.3. The third kappa shape index (κ3) is 5.40. The van der Waals surface area contributed by atoms with Crippen LogP contribution in [0.5, 0.6) is 0 Å². The fraction of sp³-hybridized carbons (Fsp3) is 0.556. The maximum Gasteiger partial charge on any atom is 0.244 e. The smallest absolute Gasteiger partial charge is 0.244 e. The lowest BCUT2D eigenvalue weighted by molar-refractivity contribution is -0.122. The van der Waals surface area contributed by atoms with Crippen LogP contribution in [-0.2, 0) is 16.1 Å². The van der Waals surface area contributed by atoms with Gasteiger partial charge in [0.2, 0.25) is 17.8 Å². The van der Waals surface area contributed by atoms with Crippen molar-refractivity contribution in [1.82, 2.24) is 24.5 Å². The van der Waals surface area contributed by atoms with Gasteiger partial charge in [0.1, 0.15) is 5.54 Å². The Kier molecular flexibility index (Phi) is 7.30. The summed E-state index contributed by atoms with van der Waals surface area (Å²) < 4.78 is 7.27. The third-order valence-corrected chi connectivity index (χ3v) is 7.56. The summed E-state index contributed by atoms with van der Waals surface area (Å²) in [6.45, 7) is 9.24. The summed E-state index contributed by atoms with van der Waals surface area (Å²) >= 11 is 0. The molecule has 0 atom stereocenters. The lowest BCUT2D eigenvalue weighted by Gasteiger charge is -2.25. The molecule has 0 unspecified atom stereocenters. The van der Waals surface area contributed by atoms with Crippen molar-refractivity contribution in [3.63, 3.8) is 0 Å². The molecule has 3 N–H and O–H groups in total. The standard InChI is InChI=1S/C27H38N8O2/c1-5-34(4)27(11-12-27)24(36)30-21-8-6-7-19(15-21)16-28-26-33-25(31-20-9-13-37-14-10-20)32-23-22(18(2)3)17-29-35(23)26/h6-8,15,17-18,20H,5,9-14,16H2,1-4H3,(H,30,36)(H2,28,31,32,33). The lowest BCUT2D eigenvalue weighted by atomic mass is 10.1. The van der Waals surface area contributed by atoms with Crippen LogP contribution in [0.2, 0.25) is 0 Å². The van der Waals surface area contributed by atoms with E-state index in [1.165, 1.54) is 0 Å². The van der Waals surface area contributed by atoms with Crippen molar-refractivity contribution in [1.29, 1.82) is 0 Å². The molecule has 2 aliphatic rings. The van der Waals surface area contributed by atoms with E-state index in [2.05, 4.69) is 46.7 Å². The molecule has 1 aliphatic carbocycles. The van der Waals surface area contributed by atoms with Crippen molar-refractivity contribution in [2.24, 2.45) is 0 Å². The topological polar surface area (TPSA) is 109 Å². The van der Waals surface area contributed by atoms with Crippen LogP contribution < -0.4 is 16.0 Å². The van der Waals surface area contributed by atoms with Crippen molar-refractivity contribution in [3.05, 3.63) is 41.6 Å². The Morgan fingerprint density at radius 2 is 2.03 bits per heavy atom. The van der Waals surface area contributed by atoms with Crippen LogP contribution in [0.1, 0.15) is 63.5 Å². The van der Waals surface area contributed by atoms with Crippen molar-refractivity contribution in [3.8, 4) is 0 Å². The zero-order chi connectivity index (χ0) is 26.0. The Balaban J connectivity index is 1.33. The number of fused-ring (bicyclic) bond motifs is 1. The highest BCUT2D eigenvalue weighted by molar-refractivity contribution is 6.00. The second kappa shape index (κ2) is 10.6. The number of benzene rings is 1. The van der Waals surface area contributed by atoms with Crippen molar-refractivity contribution < 1.29 is 9.53 Å². The third-order valence-electron chi connectivity index (χ3n) is 7.56. The number of ether oxygens (including phenoxy) is 1. The van der Waals surface area contributed by atoms with Gasteiger partial charge in [-0.05, 0) is 62.9 Å². The first-order valence-corrected chi connectivity index (χ1v) is 13.3. The van der Waals surface area contributed by atoms with E-state index in [9.17, 15) is 4.79 Å². The van der Waals surface area contributed by atoms with Gasteiger partial charge < -0.3 is 20.7 Å². The number of nitrogens with zero attached hydrogens (tertiary/aromatic N) is 5. The van der Waals surface area contributed by atoms with Crippen LogP contribution in [0.4, 0.5) is 17.6 Å². The van der Waals surface area contributed by atoms with Crippen LogP contribution >= 0.6 is 0 Å². The quantitative estimate of drug-likeness (QED) is 0.380. The summed E-state index contributed by atoms with van der Waals surface area (Å²) in [6.07, 6.45) is 5.54. The molecule has 3 aromatic rings. The van der Waals surface area contributed by atoms with Gasteiger partial charge in [-0.1, -0.05) is 32.9 Å². The first-order valence-electron chi connectivity index (χ1n) is 13.3. The largest absolute Gasteiger partial charge is 0.381 e. The number of nitrogens with one attached hydrogen (secondary N) is 3. The molecule has 5 rings (SSSR count). The average molecular weight is 507 g/mol. The van der Waals surface area contributed by atoms with E-state index in [0.717, 1.165) is 67.9 Å². The van der Waals surface area contributed by atoms with Gasteiger partial charge in [0.25, 0.3) is 0 Å². The second-order valence-electron chi connectivity index (χ2n) is 10.4. The molecule has 2 fully saturated rings. The molecular formula is C27H38N8O2. The Hall–Kier alpha value is -3.24. The minimum Gasteiger partial charge on any atom is -0.381 e. The predicted molar refractivity (Wildman–Crippen MR) is 145 cm³/mol. The molecule has 0 spiro atoms. The molecule has 198 valence electrons. The summed E-state index contributed by atoms with van der Waals surface area (Å²) in [5, 5.41) is 14.6. The van der Waals surface area contributed by atoms with Gasteiger partial charge in [0, 0.05) is 37.1 Å². The van der Waals surface area contributed by atoms with Crippen LogP contribution in [0.15, 0.2) is 30.5 Å². The molecule has 1 saturated heterocycles. The maximum absolute atomic E-state index is 13.0. The number of hydrogen-bond acceptors (Lipinski definition) is 8. The van der Waals surface area contributed by atoms with Gasteiger partial charge in [-0.15, -0.1) is 0 Å². The van der Waals surface area contributed by atoms with Gasteiger partial charge in [0.05, 0.1) is 6.20 Å². The lowest BCUT2D eigenvalue weighted by Crippen LogP contribution is -2.44. The van der Waals surface area contributed by atoms with Crippen LogP contribution in [0.25, 0.3) is 5.65 Å². The van der Waals surface area contributed by atoms with E-state index >= 15 is 0 Å². The van der Waals surface area contributed by atoms with E-state index in [4.69, 9.17) is 14.7 Å². The molecule has 10 heteroatoms. The van der Waals surface area contributed by atoms with E-state index in [-0.39, 0.29) is 23.4 Å². The highest BCUT2D eigenvalue weighted by atomic mass is 16.5. The SMILES string of the molecule is CCN(C)C1(C(=O)Nc2cccc(CNc3nc(NC4CCOCC4)nc4c(C(C)C)cnn34)c2)CC1. The Morgan fingerprint density at radius 3 is 2.73 bits per heavy atom. The van der Waals surface area contributed by atoms with Crippen molar-refractivity contribution in [2.45, 2.75) is 70.5 Å². The number of carbonyl (C=O) groups is 1. The fourth-order valence-electron chi connectivity index (χ4n) is 4.90. The van der Waals surface area contributed by atoms with Gasteiger partial charge >= 0.3 is 0 Å². The molecule has 3 heterocycles. The number of amides is 1. The second-order valence-corrected chi connectivity index (χ2v) is 10.4. The Morgan fingerprint density at radius 1 is 1.24 bits per heavy atom. The van der Waals surface area contributed by atoms with Gasteiger partial charge in [-0.2, -0.15) is 19.6 Å². The first-order chi connectivity index (χ1) is 17.9. The fourth-order valence-corrected chi connectivity index (χ4v) is 4.90. The Bertz CT molecular complexity index is 1250. The Labute approximate surface area is 218 Å².